The maximum absolute atomic E-state index is 13.1. The number of nitrogens with one attached hydrogen (secondary N) is 1. The average Bonchev–Trinajstić information content (AvgIpc) is 2.72. The fourth-order valence-corrected chi connectivity index (χ4v) is 3.66. The van der Waals surface area contributed by atoms with Gasteiger partial charge in [0.25, 0.3) is 5.91 Å². The summed E-state index contributed by atoms with van der Waals surface area (Å²) in [5.74, 6) is 0.253. The number of amides is 2. The van der Waals surface area contributed by atoms with Gasteiger partial charge in [0, 0.05) is 28.2 Å². The normalized spacial score (nSPS) is 11.9. The largest absolute Gasteiger partial charge is 0.484 e. The van der Waals surface area contributed by atoms with Crippen molar-refractivity contribution in [2.75, 3.05) is 13.2 Å². The topological polar surface area (TPSA) is 58.6 Å². The molecule has 2 aromatic carbocycles. The Morgan fingerprint density at radius 2 is 1.66 bits per heavy atom. The van der Waals surface area contributed by atoms with Crippen LogP contribution in [0.2, 0.25) is 15.1 Å². The minimum Gasteiger partial charge on any atom is -0.484 e. The van der Waals surface area contributed by atoms with Gasteiger partial charge in [0.2, 0.25) is 5.91 Å². The number of carbonyl (C=O) groups is 2. The van der Waals surface area contributed by atoms with E-state index in [-0.39, 0.29) is 25.0 Å². The number of rotatable bonds is 9. The van der Waals surface area contributed by atoms with Crippen LogP contribution in [0, 0.1) is 19.8 Å². The predicted molar refractivity (Wildman–Crippen MR) is 131 cm³/mol. The van der Waals surface area contributed by atoms with Crippen LogP contribution in [0.15, 0.2) is 30.3 Å². The number of benzene rings is 2. The summed E-state index contributed by atoms with van der Waals surface area (Å²) in [6, 6.07) is 7.90. The zero-order valence-electron chi connectivity index (χ0n) is 19.0. The molecule has 1 N–H and O–H groups in total. The van der Waals surface area contributed by atoms with Crippen LogP contribution in [0.3, 0.4) is 0 Å². The Balaban J connectivity index is 2.21. The van der Waals surface area contributed by atoms with Gasteiger partial charge >= 0.3 is 0 Å². The van der Waals surface area contributed by atoms with E-state index in [0.717, 1.165) is 11.1 Å². The van der Waals surface area contributed by atoms with Crippen LogP contribution in [-0.4, -0.2) is 35.9 Å². The van der Waals surface area contributed by atoms with Gasteiger partial charge in [0.1, 0.15) is 11.8 Å². The molecule has 5 nitrogen and oxygen atoms in total. The molecule has 0 spiro atoms. The Hall–Kier alpha value is -1.95. The Morgan fingerprint density at radius 1 is 1.03 bits per heavy atom. The van der Waals surface area contributed by atoms with Gasteiger partial charge in [-0.1, -0.05) is 54.7 Å². The standard InChI is InChI=1S/C24H29Cl3N2O3/c1-14(2)11-28-24(31)17(5)29(12-18-6-7-19(25)10-21(18)26)22(30)13-32-20-8-15(3)23(27)16(4)9-20/h6-10,14,17H,11-13H2,1-5H3,(H,28,31). The predicted octanol–water partition coefficient (Wildman–Crippen LogP) is 5.83. The summed E-state index contributed by atoms with van der Waals surface area (Å²) in [5, 5.41) is 4.47. The molecule has 0 fully saturated rings. The molecule has 0 aliphatic carbocycles. The van der Waals surface area contributed by atoms with Crippen LogP contribution in [0.1, 0.15) is 37.5 Å². The number of carbonyl (C=O) groups excluding carboxylic acids is 2. The van der Waals surface area contributed by atoms with E-state index in [1.165, 1.54) is 4.90 Å². The van der Waals surface area contributed by atoms with Gasteiger partial charge in [-0.05, 0) is 67.6 Å². The van der Waals surface area contributed by atoms with Gasteiger partial charge in [-0.3, -0.25) is 9.59 Å². The van der Waals surface area contributed by atoms with Crippen molar-refractivity contribution in [3.63, 3.8) is 0 Å². The van der Waals surface area contributed by atoms with Gasteiger partial charge in [-0.25, -0.2) is 0 Å². The summed E-state index contributed by atoms with van der Waals surface area (Å²) in [6.45, 7) is 9.89. The van der Waals surface area contributed by atoms with Crippen molar-refractivity contribution in [2.24, 2.45) is 5.92 Å². The molecule has 2 aromatic rings. The van der Waals surface area contributed by atoms with Gasteiger partial charge < -0.3 is 15.0 Å². The number of halogens is 3. The summed E-state index contributed by atoms with van der Waals surface area (Å²) in [7, 11) is 0. The quantitative estimate of drug-likeness (QED) is 0.472. The lowest BCUT2D eigenvalue weighted by atomic mass is 10.1. The molecule has 0 heterocycles. The third kappa shape index (κ3) is 7.29. The van der Waals surface area contributed by atoms with E-state index in [1.54, 1.807) is 37.3 Å². The van der Waals surface area contributed by atoms with Crippen LogP contribution in [-0.2, 0) is 16.1 Å². The lowest BCUT2D eigenvalue weighted by molar-refractivity contribution is -0.142. The van der Waals surface area contributed by atoms with E-state index in [2.05, 4.69) is 5.32 Å². The Bertz CT molecular complexity index is 956. The number of nitrogens with zero attached hydrogens (tertiary/aromatic N) is 1. The maximum atomic E-state index is 13.1. The Labute approximate surface area is 205 Å². The van der Waals surface area contributed by atoms with E-state index in [1.807, 2.05) is 27.7 Å². The van der Waals surface area contributed by atoms with Crippen LogP contribution in [0.25, 0.3) is 0 Å². The average molecular weight is 500 g/mol. The van der Waals surface area contributed by atoms with Crippen molar-refractivity contribution in [3.8, 4) is 5.75 Å². The lowest BCUT2D eigenvalue weighted by Crippen LogP contribution is -2.49. The van der Waals surface area contributed by atoms with E-state index >= 15 is 0 Å². The third-order valence-corrected chi connectivity index (χ3v) is 6.16. The second-order valence-corrected chi connectivity index (χ2v) is 9.45. The van der Waals surface area contributed by atoms with E-state index in [4.69, 9.17) is 39.5 Å². The molecule has 1 atom stereocenters. The summed E-state index contributed by atoms with van der Waals surface area (Å²) < 4.78 is 5.74. The first kappa shape index (κ1) is 26.3. The van der Waals surface area contributed by atoms with Gasteiger partial charge in [-0.15, -0.1) is 0 Å². The molecular formula is C24H29Cl3N2O3. The van der Waals surface area contributed by atoms with Gasteiger partial charge in [0.15, 0.2) is 6.61 Å². The molecule has 0 aliphatic rings. The summed E-state index contributed by atoms with van der Waals surface area (Å²) in [6.07, 6.45) is 0. The van der Waals surface area contributed by atoms with E-state index in [9.17, 15) is 9.59 Å². The second kappa shape index (κ2) is 11.8. The minimum absolute atomic E-state index is 0.146. The Morgan fingerprint density at radius 3 is 2.22 bits per heavy atom. The smallest absolute Gasteiger partial charge is 0.261 e. The number of hydrogen-bond donors (Lipinski definition) is 1. The van der Waals surface area contributed by atoms with Crippen molar-refractivity contribution in [2.45, 2.75) is 47.2 Å². The highest BCUT2D eigenvalue weighted by molar-refractivity contribution is 6.35. The second-order valence-electron chi connectivity index (χ2n) is 8.23. The fourth-order valence-electron chi connectivity index (χ4n) is 3.09. The highest BCUT2D eigenvalue weighted by atomic mass is 35.5. The van der Waals surface area contributed by atoms with Gasteiger partial charge in [0.05, 0.1) is 0 Å². The number of hydrogen-bond acceptors (Lipinski definition) is 3. The molecule has 2 rings (SSSR count). The number of ether oxygens (including phenoxy) is 1. The van der Waals surface area contributed by atoms with Crippen molar-refractivity contribution in [1.29, 1.82) is 0 Å². The molecule has 0 saturated heterocycles. The molecule has 2 amide bonds. The molecule has 0 bridgehead atoms. The van der Waals surface area contributed by atoms with Crippen molar-refractivity contribution in [1.82, 2.24) is 10.2 Å². The first-order valence-electron chi connectivity index (χ1n) is 10.4. The highest BCUT2D eigenvalue weighted by Gasteiger charge is 2.27. The first-order valence-corrected chi connectivity index (χ1v) is 11.5. The highest BCUT2D eigenvalue weighted by Crippen LogP contribution is 2.26. The first-order chi connectivity index (χ1) is 15.0. The van der Waals surface area contributed by atoms with Crippen LogP contribution in [0.4, 0.5) is 0 Å². The molecule has 32 heavy (non-hydrogen) atoms. The molecule has 1 unspecified atom stereocenters. The SMILES string of the molecule is Cc1cc(OCC(=O)N(Cc2ccc(Cl)cc2Cl)C(C)C(=O)NCC(C)C)cc(C)c1Cl. The zero-order chi connectivity index (χ0) is 24.0. The molecule has 174 valence electrons. The van der Waals surface area contributed by atoms with E-state index in [0.29, 0.717) is 38.8 Å². The van der Waals surface area contributed by atoms with Crippen LogP contribution >= 0.6 is 34.8 Å². The molecule has 0 aliphatic heterocycles. The summed E-state index contributed by atoms with van der Waals surface area (Å²) in [4.78, 5) is 27.3. The third-order valence-electron chi connectivity index (χ3n) is 4.98. The molecule has 8 heteroatoms. The zero-order valence-corrected chi connectivity index (χ0v) is 21.2. The van der Waals surface area contributed by atoms with Crippen LogP contribution < -0.4 is 10.1 Å². The molecular weight excluding hydrogens is 471 g/mol. The molecule has 0 aromatic heterocycles. The maximum Gasteiger partial charge on any atom is 0.261 e. The minimum atomic E-state index is -0.717. The molecule has 0 saturated carbocycles. The van der Waals surface area contributed by atoms with E-state index < -0.39 is 6.04 Å². The summed E-state index contributed by atoms with van der Waals surface area (Å²) in [5.41, 5.74) is 2.41. The van der Waals surface area contributed by atoms with Crippen molar-refractivity contribution in [3.05, 3.63) is 62.1 Å². The monoisotopic (exact) mass is 498 g/mol. The number of aryl methyl sites for hydroxylation is 2. The van der Waals surface area contributed by atoms with Crippen LogP contribution in [0.5, 0.6) is 5.75 Å². The summed E-state index contributed by atoms with van der Waals surface area (Å²) >= 11 is 18.5. The van der Waals surface area contributed by atoms with Crippen molar-refractivity contribution >= 4 is 46.6 Å². The molecule has 0 radical (unpaired) electrons. The van der Waals surface area contributed by atoms with Gasteiger partial charge in [-0.2, -0.15) is 0 Å². The van der Waals surface area contributed by atoms with Crippen molar-refractivity contribution < 1.29 is 14.3 Å². The Kier molecular flexibility index (Phi) is 9.68. The fraction of sp³-hybridized carbons (Fsp3) is 0.417. The lowest BCUT2D eigenvalue weighted by Gasteiger charge is -2.29.